The minimum absolute atomic E-state index is 0.00556. The van der Waals surface area contributed by atoms with Crippen LogP contribution in [0.2, 0.25) is 5.02 Å². The minimum Gasteiger partial charge on any atom is -0.387 e. The van der Waals surface area contributed by atoms with Crippen LogP contribution in [-0.4, -0.2) is 11.7 Å². The van der Waals surface area contributed by atoms with Crippen LogP contribution >= 0.6 is 11.6 Å². The quantitative estimate of drug-likeness (QED) is 0.832. The molecule has 84 valence electrons. The van der Waals surface area contributed by atoms with Crippen LogP contribution in [-0.2, 0) is 6.18 Å². The molecule has 2 nitrogen and oxygen atoms in total. The predicted octanol–water partition coefficient (Wildman–Crippen LogP) is 2.35. The predicted molar refractivity (Wildman–Crippen MR) is 50.5 cm³/mol. The van der Waals surface area contributed by atoms with Crippen molar-refractivity contribution in [2.75, 3.05) is 6.54 Å². The van der Waals surface area contributed by atoms with Gasteiger partial charge in [0, 0.05) is 17.1 Å². The molecule has 3 N–H and O–H groups in total. The SMILES string of the molecule is NC[C@@H](O)c1cc(C(F)(F)F)ccc1Cl. The summed E-state index contributed by atoms with van der Waals surface area (Å²) in [7, 11) is 0. The Morgan fingerprint density at radius 1 is 1.40 bits per heavy atom. The number of hydrogen-bond acceptors (Lipinski definition) is 2. The lowest BCUT2D eigenvalue weighted by Gasteiger charge is -2.13. The maximum absolute atomic E-state index is 12.3. The van der Waals surface area contributed by atoms with Gasteiger partial charge in [0.2, 0.25) is 0 Å². The van der Waals surface area contributed by atoms with Gasteiger partial charge < -0.3 is 10.8 Å². The molecule has 0 aromatic heterocycles. The molecule has 6 heteroatoms. The number of nitrogens with two attached hydrogens (primary N) is 1. The standard InChI is InChI=1S/C9H9ClF3NO/c10-7-2-1-5(9(11,12)13)3-6(7)8(15)4-14/h1-3,8,15H,4,14H2/t8-/m1/s1. The molecule has 1 rings (SSSR count). The van der Waals surface area contributed by atoms with E-state index in [9.17, 15) is 18.3 Å². The minimum atomic E-state index is -4.45. The van der Waals surface area contributed by atoms with Gasteiger partial charge in [-0.25, -0.2) is 0 Å². The van der Waals surface area contributed by atoms with Crippen LogP contribution in [0.15, 0.2) is 18.2 Å². The molecule has 0 saturated heterocycles. The summed E-state index contributed by atoms with van der Waals surface area (Å²) in [5, 5.41) is 9.39. The largest absolute Gasteiger partial charge is 0.416 e. The van der Waals surface area contributed by atoms with Crippen molar-refractivity contribution in [1.29, 1.82) is 0 Å². The third-order valence-electron chi connectivity index (χ3n) is 1.91. The molecule has 0 aliphatic carbocycles. The number of aliphatic hydroxyl groups excluding tert-OH is 1. The lowest BCUT2D eigenvalue weighted by atomic mass is 10.1. The van der Waals surface area contributed by atoms with E-state index in [1.165, 1.54) is 0 Å². The van der Waals surface area contributed by atoms with Gasteiger partial charge in [0.25, 0.3) is 0 Å². The molecular formula is C9H9ClF3NO. The first-order chi connectivity index (χ1) is 6.86. The van der Waals surface area contributed by atoms with Gasteiger partial charge in [-0.2, -0.15) is 13.2 Å². The molecule has 0 aliphatic rings. The van der Waals surface area contributed by atoms with Crippen LogP contribution in [0.4, 0.5) is 13.2 Å². The van der Waals surface area contributed by atoms with Crippen molar-refractivity contribution in [2.45, 2.75) is 12.3 Å². The maximum atomic E-state index is 12.3. The maximum Gasteiger partial charge on any atom is 0.416 e. The second-order valence-corrected chi connectivity index (χ2v) is 3.39. The highest BCUT2D eigenvalue weighted by Gasteiger charge is 2.31. The zero-order valence-corrected chi connectivity index (χ0v) is 8.31. The Morgan fingerprint density at radius 3 is 2.47 bits per heavy atom. The summed E-state index contributed by atoms with van der Waals surface area (Å²) in [6, 6.07) is 2.76. The van der Waals surface area contributed by atoms with E-state index >= 15 is 0 Å². The third-order valence-corrected chi connectivity index (χ3v) is 2.25. The Bertz CT molecular complexity index is 354. The van der Waals surface area contributed by atoms with E-state index in [1.807, 2.05) is 0 Å². The molecule has 0 bridgehead atoms. The molecule has 15 heavy (non-hydrogen) atoms. The molecular weight excluding hydrogens is 231 g/mol. The first kappa shape index (κ1) is 12.3. The van der Waals surface area contributed by atoms with Gasteiger partial charge in [-0.15, -0.1) is 0 Å². The number of alkyl halides is 3. The van der Waals surface area contributed by atoms with Crippen molar-refractivity contribution >= 4 is 11.6 Å². The molecule has 0 spiro atoms. The monoisotopic (exact) mass is 239 g/mol. The van der Waals surface area contributed by atoms with E-state index in [-0.39, 0.29) is 17.1 Å². The van der Waals surface area contributed by atoms with Gasteiger partial charge in [-0.3, -0.25) is 0 Å². The zero-order chi connectivity index (χ0) is 11.6. The molecule has 0 radical (unpaired) electrons. The summed E-state index contributed by atoms with van der Waals surface area (Å²) in [5.41, 5.74) is 4.28. The third kappa shape index (κ3) is 2.84. The van der Waals surface area contributed by atoms with Gasteiger partial charge in [0.15, 0.2) is 0 Å². The van der Waals surface area contributed by atoms with Crippen molar-refractivity contribution in [3.05, 3.63) is 34.3 Å². The van der Waals surface area contributed by atoms with Crippen LogP contribution in [0.25, 0.3) is 0 Å². The Labute approximate surface area is 89.5 Å². The average molecular weight is 240 g/mol. The van der Waals surface area contributed by atoms with Gasteiger partial charge in [-0.05, 0) is 18.2 Å². The normalized spacial score (nSPS) is 14.0. The molecule has 1 aromatic carbocycles. The van der Waals surface area contributed by atoms with E-state index in [4.69, 9.17) is 17.3 Å². The second kappa shape index (κ2) is 4.38. The highest BCUT2D eigenvalue weighted by atomic mass is 35.5. The number of halogens is 4. The smallest absolute Gasteiger partial charge is 0.387 e. The Kier molecular flexibility index (Phi) is 3.59. The fourth-order valence-corrected chi connectivity index (χ4v) is 1.35. The number of benzene rings is 1. The molecule has 0 saturated carbocycles. The summed E-state index contributed by atoms with van der Waals surface area (Å²) in [6.45, 7) is -0.180. The Balaban J connectivity index is 3.17. The van der Waals surface area contributed by atoms with Crippen molar-refractivity contribution in [2.24, 2.45) is 5.73 Å². The molecule has 0 heterocycles. The van der Waals surface area contributed by atoms with Gasteiger partial charge in [0.1, 0.15) is 0 Å². The molecule has 0 fully saturated rings. The van der Waals surface area contributed by atoms with E-state index in [0.717, 1.165) is 18.2 Å². The summed E-state index contributed by atoms with van der Waals surface area (Å²) in [6.07, 6.45) is -5.63. The van der Waals surface area contributed by atoms with Crippen LogP contribution in [0.1, 0.15) is 17.2 Å². The summed E-state index contributed by atoms with van der Waals surface area (Å²) in [4.78, 5) is 0. The van der Waals surface area contributed by atoms with Crippen molar-refractivity contribution in [3.8, 4) is 0 Å². The van der Waals surface area contributed by atoms with E-state index in [1.54, 1.807) is 0 Å². The van der Waals surface area contributed by atoms with Gasteiger partial charge in [-0.1, -0.05) is 11.6 Å². The van der Waals surface area contributed by atoms with E-state index in [2.05, 4.69) is 0 Å². The molecule has 1 aromatic rings. The number of hydrogen-bond donors (Lipinski definition) is 2. The summed E-state index contributed by atoms with van der Waals surface area (Å²) >= 11 is 5.64. The summed E-state index contributed by atoms with van der Waals surface area (Å²) in [5.74, 6) is 0. The van der Waals surface area contributed by atoms with Crippen LogP contribution in [0, 0.1) is 0 Å². The van der Waals surface area contributed by atoms with Gasteiger partial charge in [0.05, 0.1) is 11.7 Å². The fourth-order valence-electron chi connectivity index (χ4n) is 1.10. The first-order valence-corrected chi connectivity index (χ1v) is 4.49. The van der Waals surface area contributed by atoms with Crippen molar-refractivity contribution < 1.29 is 18.3 Å². The van der Waals surface area contributed by atoms with Crippen LogP contribution < -0.4 is 5.73 Å². The van der Waals surface area contributed by atoms with Gasteiger partial charge >= 0.3 is 6.18 Å². The molecule has 0 amide bonds. The Morgan fingerprint density at radius 2 is 2.00 bits per heavy atom. The number of rotatable bonds is 2. The fraction of sp³-hybridized carbons (Fsp3) is 0.333. The highest BCUT2D eigenvalue weighted by molar-refractivity contribution is 6.31. The highest BCUT2D eigenvalue weighted by Crippen LogP contribution is 2.33. The average Bonchev–Trinajstić information content (AvgIpc) is 2.15. The number of aliphatic hydroxyl groups is 1. The molecule has 0 unspecified atom stereocenters. The topological polar surface area (TPSA) is 46.2 Å². The van der Waals surface area contributed by atoms with Crippen molar-refractivity contribution in [1.82, 2.24) is 0 Å². The van der Waals surface area contributed by atoms with Crippen LogP contribution in [0.5, 0.6) is 0 Å². The second-order valence-electron chi connectivity index (χ2n) is 2.99. The Hall–Kier alpha value is -0.780. The first-order valence-electron chi connectivity index (χ1n) is 4.11. The molecule has 1 atom stereocenters. The zero-order valence-electron chi connectivity index (χ0n) is 7.55. The van der Waals surface area contributed by atoms with Crippen molar-refractivity contribution in [3.63, 3.8) is 0 Å². The lowest BCUT2D eigenvalue weighted by Crippen LogP contribution is -2.13. The van der Waals surface area contributed by atoms with E-state index < -0.39 is 17.8 Å². The lowest BCUT2D eigenvalue weighted by molar-refractivity contribution is -0.137. The van der Waals surface area contributed by atoms with E-state index in [0.29, 0.717) is 0 Å². The summed E-state index contributed by atoms with van der Waals surface area (Å²) < 4.78 is 36.9. The molecule has 0 aliphatic heterocycles. The van der Waals surface area contributed by atoms with Crippen LogP contribution in [0.3, 0.4) is 0 Å².